The van der Waals surface area contributed by atoms with Crippen LogP contribution in [0.3, 0.4) is 0 Å². The van der Waals surface area contributed by atoms with Crippen molar-refractivity contribution in [1.82, 2.24) is 24.6 Å². The lowest BCUT2D eigenvalue weighted by molar-refractivity contribution is 0.629. The minimum Gasteiger partial charge on any atom is -0.355 e. The number of hydrogen-bond donors (Lipinski definition) is 1. The zero-order valence-corrected chi connectivity index (χ0v) is 13.6. The first-order chi connectivity index (χ1) is 12.0. The van der Waals surface area contributed by atoms with Crippen LogP contribution in [-0.2, 0) is 0 Å². The Morgan fingerprint density at radius 1 is 1.20 bits per heavy atom. The highest BCUT2D eigenvalue weighted by atomic mass is 19.1. The number of aryl methyl sites for hydroxylation is 2. The van der Waals surface area contributed by atoms with Crippen LogP contribution >= 0.6 is 0 Å². The maximum absolute atomic E-state index is 13.4. The lowest BCUT2D eigenvalue weighted by Gasteiger charge is -2.00. The van der Waals surface area contributed by atoms with Crippen molar-refractivity contribution < 1.29 is 4.39 Å². The molecule has 1 N–H and O–H groups in total. The van der Waals surface area contributed by atoms with Gasteiger partial charge in [-0.25, -0.2) is 13.9 Å². The van der Waals surface area contributed by atoms with Gasteiger partial charge in [0, 0.05) is 23.3 Å². The first-order valence-corrected chi connectivity index (χ1v) is 7.71. The molecule has 0 aliphatic heterocycles. The topological polar surface area (TPSA) is 75.9 Å². The lowest BCUT2D eigenvalue weighted by Crippen LogP contribution is -2.03. The molecule has 0 radical (unpaired) electrons. The average molecular weight is 335 g/mol. The number of fused-ring (bicyclic) bond motifs is 2. The Morgan fingerprint density at radius 3 is 2.84 bits per heavy atom. The van der Waals surface area contributed by atoms with Crippen LogP contribution in [0.5, 0.6) is 0 Å². The molecule has 0 aliphatic rings. The van der Waals surface area contributed by atoms with E-state index in [1.165, 1.54) is 24.3 Å². The van der Waals surface area contributed by atoms with Crippen LogP contribution in [0, 0.1) is 19.7 Å². The Labute approximate surface area is 141 Å². The van der Waals surface area contributed by atoms with E-state index in [1.807, 2.05) is 13.8 Å². The third-order valence-corrected chi connectivity index (χ3v) is 3.95. The van der Waals surface area contributed by atoms with Crippen molar-refractivity contribution in [1.29, 1.82) is 0 Å². The van der Waals surface area contributed by atoms with E-state index in [2.05, 4.69) is 20.1 Å². The molecule has 3 aromatic heterocycles. The summed E-state index contributed by atoms with van der Waals surface area (Å²) in [5, 5.41) is 4.86. The van der Waals surface area contributed by atoms with Crippen molar-refractivity contribution in [3.8, 4) is 0 Å². The number of H-pyrrole nitrogens is 1. The molecule has 0 saturated heterocycles. The predicted molar refractivity (Wildman–Crippen MR) is 93.7 cm³/mol. The molecular weight excluding hydrogens is 321 g/mol. The van der Waals surface area contributed by atoms with Crippen molar-refractivity contribution in [3.63, 3.8) is 0 Å². The van der Waals surface area contributed by atoms with Crippen molar-refractivity contribution in [3.05, 3.63) is 69.4 Å². The third kappa shape index (κ3) is 2.69. The van der Waals surface area contributed by atoms with Gasteiger partial charge < -0.3 is 4.98 Å². The number of aromatic amines is 1. The predicted octanol–water partition coefficient (Wildman–Crippen LogP) is 2.89. The molecule has 124 valence electrons. The molecule has 0 bridgehead atoms. The third-order valence-electron chi connectivity index (χ3n) is 3.95. The normalized spacial score (nSPS) is 11.8. The second-order valence-electron chi connectivity index (χ2n) is 5.80. The average Bonchev–Trinajstić information content (AvgIpc) is 3.02. The quantitative estimate of drug-likeness (QED) is 0.611. The van der Waals surface area contributed by atoms with Gasteiger partial charge in [0.05, 0.1) is 16.9 Å². The van der Waals surface area contributed by atoms with Gasteiger partial charge in [0.1, 0.15) is 5.82 Å². The molecule has 0 saturated carbocycles. The fraction of sp³-hybridized carbons (Fsp3) is 0.111. The first kappa shape index (κ1) is 15.2. The van der Waals surface area contributed by atoms with E-state index in [0.29, 0.717) is 28.1 Å². The summed E-state index contributed by atoms with van der Waals surface area (Å²) in [5.41, 5.74) is 3.18. The molecule has 0 aliphatic carbocycles. The van der Waals surface area contributed by atoms with E-state index >= 15 is 0 Å². The second-order valence-corrected chi connectivity index (χ2v) is 5.80. The SMILES string of the molecule is Cc1ncc(C)n2nc(/C=C/c3cc(=O)c4ccc(F)cc4[nH]3)nc12. The molecule has 6 nitrogen and oxygen atoms in total. The van der Waals surface area contributed by atoms with E-state index in [4.69, 9.17) is 0 Å². The van der Waals surface area contributed by atoms with Crippen LogP contribution in [0.25, 0.3) is 28.7 Å². The van der Waals surface area contributed by atoms with E-state index in [-0.39, 0.29) is 5.43 Å². The van der Waals surface area contributed by atoms with Gasteiger partial charge in [0.25, 0.3) is 0 Å². The molecule has 25 heavy (non-hydrogen) atoms. The largest absolute Gasteiger partial charge is 0.355 e. The second kappa shape index (κ2) is 5.62. The molecule has 7 heteroatoms. The van der Waals surface area contributed by atoms with Crippen LogP contribution in [-0.4, -0.2) is 24.6 Å². The number of pyridine rings is 1. The van der Waals surface area contributed by atoms with Gasteiger partial charge >= 0.3 is 0 Å². The summed E-state index contributed by atoms with van der Waals surface area (Å²) < 4.78 is 15.1. The van der Waals surface area contributed by atoms with Crippen molar-refractivity contribution in [2.45, 2.75) is 13.8 Å². The van der Waals surface area contributed by atoms with Crippen LogP contribution in [0.4, 0.5) is 4.39 Å². The molecule has 0 atom stereocenters. The molecule has 3 heterocycles. The van der Waals surface area contributed by atoms with Gasteiger partial charge in [-0.05, 0) is 44.2 Å². The van der Waals surface area contributed by atoms with Gasteiger partial charge in [-0.3, -0.25) is 9.78 Å². The number of benzene rings is 1. The highest BCUT2D eigenvalue weighted by Crippen LogP contribution is 2.13. The van der Waals surface area contributed by atoms with Gasteiger partial charge in [-0.2, -0.15) is 0 Å². The zero-order chi connectivity index (χ0) is 17.6. The van der Waals surface area contributed by atoms with Gasteiger partial charge in [-0.15, -0.1) is 5.10 Å². The first-order valence-electron chi connectivity index (χ1n) is 7.71. The lowest BCUT2D eigenvalue weighted by atomic mass is 10.2. The summed E-state index contributed by atoms with van der Waals surface area (Å²) in [5.74, 6) is 0.101. The fourth-order valence-electron chi connectivity index (χ4n) is 2.68. The maximum atomic E-state index is 13.4. The van der Waals surface area contributed by atoms with Crippen molar-refractivity contribution >= 4 is 28.7 Å². The fourth-order valence-corrected chi connectivity index (χ4v) is 2.68. The van der Waals surface area contributed by atoms with Gasteiger partial charge in [0.15, 0.2) is 16.9 Å². The van der Waals surface area contributed by atoms with E-state index in [1.54, 1.807) is 22.9 Å². The monoisotopic (exact) mass is 335 g/mol. The number of rotatable bonds is 2. The minimum absolute atomic E-state index is 0.174. The molecule has 4 rings (SSSR count). The molecule has 1 aromatic carbocycles. The summed E-state index contributed by atoms with van der Waals surface area (Å²) in [6.45, 7) is 3.77. The highest BCUT2D eigenvalue weighted by molar-refractivity contribution is 5.80. The number of nitrogens with one attached hydrogen (secondary N) is 1. The Kier molecular flexibility index (Phi) is 3.42. The summed E-state index contributed by atoms with van der Waals surface area (Å²) in [7, 11) is 0. The molecule has 0 fully saturated rings. The molecular formula is C18H14FN5O. The Bertz CT molecular complexity index is 1170. The van der Waals surface area contributed by atoms with Crippen LogP contribution in [0.15, 0.2) is 35.3 Å². The standard InChI is InChI=1S/C18H14FN5O/c1-10-9-20-11(2)18-22-17(23-24(10)18)6-4-13-8-16(25)14-5-3-12(19)7-15(14)21-13/h3-9H,1-2H3,(H,21,25)/b6-4+. The smallest absolute Gasteiger partial charge is 0.189 e. The van der Waals surface area contributed by atoms with E-state index in [9.17, 15) is 9.18 Å². The van der Waals surface area contributed by atoms with Crippen LogP contribution in [0.1, 0.15) is 22.9 Å². The molecule has 0 amide bonds. The Morgan fingerprint density at radius 2 is 2.04 bits per heavy atom. The molecule has 4 aromatic rings. The number of halogens is 1. The van der Waals surface area contributed by atoms with Crippen LogP contribution < -0.4 is 5.43 Å². The molecule has 0 unspecified atom stereocenters. The van der Waals surface area contributed by atoms with E-state index in [0.717, 1.165) is 11.4 Å². The summed E-state index contributed by atoms with van der Waals surface area (Å²) in [6, 6.07) is 5.51. The number of nitrogens with zero attached hydrogens (tertiary/aromatic N) is 4. The summed E-state index contributed by atoms with van der Waals surface area (Å²) >= 11 is 0. The van der Waals surface area contributed by atoms with Gasteiger partial charge in [0.2, 0.25) is 0 Å². The van der Waals surface area contributed by atoms with Crippen LogP contribution in [0.2, 0.25) is 0 Å². The summed E-state index contributed by atoms with van der Waals surface area (Å²) in [4.78, 5) is 23.9. The maximum Gasteiger partial charge on any atom is 0.189 e. The Balaban J connectivity index is 1.77. The van der Waals surface area contributed by atoms with Gasteiger partial charge in [-0.1, -0.05) is 0 Å². The van der Waals surface area contributed by atoms with Crippen molar-refractivity contribution in [2.24, 2.45) is 0 Å². The molecule has 0 spiro atoms. The van der Waals surface area contributed by atoms with Crippen molar-refractivity contribution in [2.75, 3.05) is 0 Å². The number of hydrogen-bond acceptors (Lipinski definition) is 4. The Hall–Kier alpha value is -3.35. The van der Waals surface area contributed by atoms with E-state index < -0.39 is 5.82 Å². The highest BCUT2D eigenvalue weighted by Gasteiger charge is 2.07. The zero-order valence-electron chi connectivity index (χ0n) is 13.6. The summed E-state index contributed by atoms with van der Waals surface area (Å²) in [6.07, 6.45) is 5.13. The minimum atomic E-state index is -0.398. The number of aromatic nitrogens is 5.